The molecule has 2 aromatic heterocycles. The number of H-pyrrole nitrogens is 1. The third kappa shape index (κ3) is 3.17. The molecule has 1 N–H and O–H groups in total. The van der Waals surface area contributed by atoms with E-state index >= 15 is 0 Å². The van der Waals surface area contributed by atoms with Crippen LogP contribution in [0.5, 0.6) is 0 Å². The van der Waals surface area contributed by atoms with Crippen molar-refractivity contribution in [1.29, 1.82) is 0 Å². The highest BCUT2D eigenvalue weighted by molar-refractivity contribution is 5.96. The van der Waals surface area contributed by atoms with Crippen LogP contribution in [0.25, 0.3) is 11.0 Å². The highest BCUT2D eigenvalue weighted by Gasteiger charge is 2.40. The minimum Gasteiger partial charge on any atom is -0.347 e. The van der Waals surface area contributed by atoms with E-state index in [1.807, 2.05) is 6.92 Å². The fourth-order valence-electron chi connectivity index (χ4n) is 3.73. The van der Waals surface area contributed by atoms with Crippen molar-refractivity contribution in [2.75, 3.05) is 26.3 Å². The SMILES string of the molecule is CCCn1c(=O)[nH]c(=O)c2cc(C(=O)N3CCC4(CC3)OCCO4)cnc21. The fourth-order valence-corrected chi connectivity index (χ4v) is 3.73. The summed E-state index contributed by atoms with van der Waals surface area (Å²) in [7, 11) is 0. The average molecular weight is 374 g/mol. The molecule has 2 aliphatic rings. The number of aryl methyl sites for hydroxylation is 1. The van der Waals surface area contributed by atoms with E-state index in [-0.39, 0.29) is 11.3 Å². The number of aromatic amines is 1. The van der Waals surface area contributed by atoms with Gasteiger partial charge >= 0.3 is 5.69 Å². The molecule has 2 aromatic rings. The van der Waals surface area contributed by atoms with Crippen LogP contribution >= 0.6 is 0 Å². The molecule has 0 radical (unpaired) electrons. The number of hydrogen-bond acceptors (Lipinski definition) is 6. The average Bonchev–Trinajstić information content (AvgIpc) is 3.13. The summed E-state index contributed by atoms with van der Waals surface area (Å²) in [6.45, 7) is 4.59. The van der Waals surface area contributed by atoms with Gasteiger partial charge in [-0.2, -0.15) is 0 Å². The van der Waals surface area contributed by atoms with Crippen molar-refractivity contribution in [3.63, 3.8) is 0 Å². The number of carbonyl (C=O) groups is 1. The van der Waals surface area contributed by atoms with Gasteiger partial charge in [-0.3, -0.25) is 19.1 Å². The summed E-state index contributed by atoms with van der Waals surface area (Å²) < 4.78 is 12.8. The Bertz CT molecular complexity index is 979. The fraction of sp³-hybridized carbons (Fsp3) is 0.556. The van der Waals surface area contributed by atoms with Gasteiger partial charge < -0.3 is 14.4 Å². The van der Waals surface area contributed by atoms with E-state index in [1.54, 1.807) is 4.90 Å². The van der Waals surface area contributed by atoms with Gasteiger partial charge in [0, 0.05) is 38.7 Å². The zero-order valence-electron chi connectivity index (χ0n) is 15.2. The molecule has 0 aliphatic carbocycles. The van der Waals surface area contributed by atoms with E-state index < -0.39 is 17.0 Å². The lowest BCUT2D eigenvalue weighted by molar-refractivity contribution is -0.181. The van der Waals surface area contributed by atoms with E-state index in [2.05, 4.69) is 9.97 Å². The molecule has 9 nitrogen and oxygen atoms in total. The third-order valence-electron chi connectivity index (χ3n) is 5.15. The molecule has 1 spiro atoms. The quantitative estimate of drug-likeness (QED) is 0.837. The van der Waals surface area contributed by atoms with Crippen LogP contribution < -0.4 is 11.2 Å². The van der Waals surface area contributed by atoms with E-state index in [0.29, 0.717) is 56.9 Å². The summed E-state index contributed by atoms with van der Waals surface area (Å²) in [5.41, 5.74) is -0.389. The maximum atomic E-state index is 12.9. The molecule has 4 rings (SSSR count). The van der Waals surface area contributed by atoms with E-state index in [1.165, 1.54) is 16.8 Å². The molecule has 4 heterocycles. The van der Waals surface area contributed by atoms with Gasteiger partial charge in [0.25, 0.3) is 11.5 Å². The standard InChI is InChI=1S/C18H22N4O5/c1-2-5-22-14-13(15(23)20-17(22)25)10-12(11-19-14)16(24)21-6-3-18(4-7-21)26-8-9-27-18/h10-11H,2-9H2,1H3,(H,20,23,25). The monoisotopic (exact) mass is 374 g/mol. The zero-order chi connectivity index (χ0) is 19.0. The lowest BCUT2D eigenvalue weighted by Crippen LogP contribution is -2.47. The van der Waals surface area contributed by atoms with Crippen molar-refractivity contribution in [2.24, 2.45) is 0 Å². The summed E-state index contributed by atoms with van der Waals surface area (Å²) in [5.74, 6) is -0.740. The minimum absolute atomic E-state index is 0.190. The molecule has 2 fully saturated rings. The highest BCUT2D eigenvalue weighted by Crippen LogP contribution is 2.31. The van der Waals surface area contributed by atoms with Crippen LogP contribution in [0.1, 0.15) is 36.5 Å². The number of aromatic nitrogens is 3. The molecule has 0 aromatic carbocycles. The van der Waals surface area contributed by atoms with Gasteiger partial charge in [0.15, 0.2) is 5.79 Å². The molecule has 144 valence electrons. The number of amides is 1. The zero-order valence-corrected chi connectivity index (χ0v) is 15.2. The Balaban J connectivity index is 1.61. The van der Waals surface area contributed by atoms with Crippen molar-refractivity contribution in [1.82, 2.24) is 19.4 Å². The lowest BCUT2D eigenvalue weighted by atomic mass is 10.0. The number of hydrogen-bond donors (Lipinski definition) is 1. The maximum absolute atomic E-state index is 12.9. The van der Waals surface area contributed by atoms with Gasteiger partial charge in [-0.25, -0.2) is 9.78 Å². The molecule has 0 saturated carbocycles. The first-order chi connectivity index (χ1) is 13.0. The van der Waals surface area contributed by atoms with Crippen molar-refractivity contribution in [3.05, 3.63) is 38.7 Å². The Kier molecular flexibility index (Phi) is 4.56. The summed E-state index contributed by atoms with van der Waals surface area (Å²) in [4.78, 5) is 45.3. The van der Waals surface area contributed by atoms with E-state index in [0.717, 1.165) is 6.42 Å². The summed E-state index contributed by atoms with van der Waals surface area (Å²) >= 11 is 0. The number of pyridine rings is 1. The van der Waals surface area contributed by atoms with Crippen LogP contribution in [-0.4, -0.2) is 57.4 Å². The summed E-state index contributed by atoms with van der Waals surface area (Å²) in [6.07, 6.45) is 3.40. The first-order valence-corrected chi connectivity index (χ1v) is 9.23. The Morgan fingerprint density at radius 1 is 1.26 bits per heavy atom. The number of rotatable bonds is 3. The van der Waals surface area contributed by atoms with Gasteiger partial charge in [0.1, 0.15) is 5.65 Å². The number of likely N-dealkylation sites (tertiary alicyclic amines) is 1. The van der Waals surface area contributed by atoms with Gasteiger partial charge in [-0.15, -0.1) is 0 Å². The van der Waals surface area contributed by atoms with Crippen LogP contribution in [0, 0.1) is 0 Å². The Morgan fingerprint density at radius 2 is 1.96 bits per heavy atom. The van der Waals surface area contributed by atoms with Crippen LogP contribution in [0.4, 0.5) is 0 Å². The molecule has 0 atom stereocenters. The number of piperidine rings is 1. The van der Waals surface area contributed by atoms with Crippen molar-refractivity contribution in [3.8, 4) is 0 Å². The van der Waals surface area contributed by atoms with Crippen molar-refractivity contribution in [2.45, 2.75) is 38.5 Å². The number of nitrogens with zero attached hydrogens (tertiary/aromatic N) is 3. The Labute approximate surface area is 154 Å². The molecule has 1 amide bonds. The largest absolute Gasteiger partial charge is 0.347 e. The normalized spacial score (nSPS) is 19.1. The van der Waals surface area contributed by atoms with Crippen molar-refractivity contribution >= 4 is 16.9 Å². The smallest absolute Gasteiger partial charge is 0.329 e. The molecule has 9 heteroatoms. The maximum Gasteiger partial charge on any atom is 0.329 e. The molecule has 2 saturated heterocycles. The topological polar surface area (TPSA) is 107 Å². The number of nitrogens with one attached hydrogen (secondary N) is 1. The molecular formula is C18H22N4O5. The lowest BCUT2D eigenvalue weighted by Gasteiger charge is -2.37. The van der Waals surface area contributed by atoms with E-state index in [4.69, 9.17) is 9.47 Å². The Hall–Kier alpha value is -2.52. The number of carbonyl (C=O) groups excluding carboxylic acids is 1. The summed E-state index contributed by atoms with van der Waals surface area (Å²) in [6, 6.07) is 1.52. The number of fused-ring (bicyclic) bond motifs is 1. The minimum atomic E-state index is -0.550. The van der Waals surface area contributed by atoms with Gasteiger partial charge in [-0.1, -0.05) is 6.92 Å². The van der Waals surface area contributed by atoms with Crippen molar-refractivity contribution < 1.29 is 14.3 Å². The highest BCUT2D eigenvalue weighted by atomic mass is 16.7. The van der Waals surface area contributed by atoms with Gasteiger partial charge in [0.05, 0.1) is 24.2 Å². The molecule has 0 bridgehead atoms. The van der Waals surface area contributed by atoms with Gasteiger partial charge in [0.2, 0.25) is 0 Å². The predicted octanol–water partition coefficient (Wildman–Crippen LogP) is 0.474. The van der Waals surface area contributed by atoms with E-state index in [9.17, 15) is 14.4 Å². The molecule has 2 aliphatic heterocycles. The first-order valence-electron chi connectivity index (χ1n) is 9.23. The molecular weight excluding hydrogens is 352 g/mol. The molecule has 27 heavy (non-hydrogen) atoms. The predicted molar refractivity (Wildman–Crippen MR) is 96.7 cm³/mol. The van der Waals surface area contributed by atoms with Crippen LogP contribution in [0.2, 0.25) is 0 Å². The van der Waals surface area contributed by atoms with Crippen LogP contribution in [-0.2, 0) is 16.0 Å². The number of ether oxygens (including phenoxy) is 2. The van der Waals surface area contributed by atoms with Gasteiger partial charge in [-0.05, 0) is 12.5 Å². The van der Waals surface area contributed by atoms with Crippen LogP contribution in [0.3, 0.4) is 0 Å². The summed E-state index contributed by atoms with van der Waals surface area (Å²) in [5, 5.41) is 0.241. The Morgan fingerprint density at radius 3 is 2.63 bits per heavy atom. The second-order valence-electron chi connectivity index (χ2n) is 6.91. The molecule has 0 unspecified atom stereocenters. The van der Waals surface area contributed by atoms with Crippen LogP contribution in [0.15, 0.2) is 21.9 Å². The third-order valence-corrected chi connectivity index (χ3v) is 5.15. The second kappa shape index (κ2) is 6.90. The second-order valence-corrected chi connectivity index (χ2v) is 6.91. The first kappa shape index (κ1) is 17.9.